The first-order valence-electron chi connectivity index (χ1n) is 3.19. The quantitative estimate of drug-likeness (QED) is 0.784. The number of carboxylic acids is 1. The predicted octanol–water partition coefficient (Wildman–Crippen LogP) is 2.56. The van der Waals surface area contributed by atoms with Crippen molar-refractivity contribution in [3.63, 3.8) is 0 Å². The van der Waals surface area contributed by atoms with E-state index in [0.717, 1.165) is 0 Å². The Bertz CT molecular complexity index is 409. The summed E-state index contributed by atoms with van der Waals surface area (Å²) < 4.78 is 0. The summed E-state index contributed by atoms with van der Waals surface area (Å²) >= 11 is 11.2. The first kappa shape index (κ1) is 9.85. The second-order valence-electron chi connectivity index (χ2n) is 2.20. The van der Waals surface area contributed by atoms with Gasteiger partial charge in [0.25, 0.3) is 0 Å². The molecule has 0 fully saturated rings. The molecular formula is C8H3Cl2NO2. The molecule has 0 unspecified atom stereocenters. The monoisotopic (exact) mass is 215 g/mol. The molecule has 0 aromatic heterocycles. The van der Waals surface area contributed by atoms with Crippen LogP contribution >= 0.6 is 23.2 Å². The van der Waals surface area contributed by atoms with Crippen LogP contribution in [-0.4, -0.2) is 11.1 Å². The SMILES string of the molecule is N#Cc1c(C(=O)O)ccc(Cl)c1Cl. The van der Waals surface area contributed by atoms with Crippen molar-refractivity contribution in [3.05, 3.63) is 33.3 Å². The van der Waals surface area contributed by atoms with Crippen molar-refractivity contribution in [2.75, 3.05) is 0 Å². The molecule has 0 atom stereocenters. The molecule has 0 bridgehead atoms. The zero-order valence-electron chi connectivity index (χ0n) is 6.21. The number of hydrogen-bond donors (Lipinski definition) is 1. The topological polar surface area (TPSA) is 61.1 Å². The minimum Gasteiger partial charge on any atom is -0.478 e. The van der Waals surface area contributed by atoms with Gasteiger partial charge in [-0.1, -0.05) is 23.2 Å². The molecule has 1 aromatic rings. The Hall–Kier alpha value is -1.24. The zero-order chi connectivity index (χ0) is 10.0. The van der Waals surface area contributed by atoms with Gasteiger partial charge in [0.1, 0.15) is 6.07 Å². The number of nitrogens with zero attached hydrogens (tertiary/aromatic N) is 1. The fraction of sp³-hybridized carbons (Fsp3) is 0. The number of benzene rings is 1. The van der Waals surface area contributed by atoms with Gasteiger partial charge in [0, 0.05) is 0 Å². The molecule has 0 aliphatic rings. The molecule has 0 spiro atoms. The van der Waals surface area contributed by atoms with E-state index in [9.17, 15) is 4.79 Å². The Balaban J connectivity index is 3.50. The van der Waals surface area contributed by atoms with E-state index in [1.807, 2.05) is 0 Å². The summed E-state index contributed by atoms with van der Waals surface area (Å²) in [6, 6.07) is 4.28. The zero-order valence-corrected chi connectivity index (χ0v) is 7.73. The average molecular weight is 216 g/mol. The minimum atomic E-state index is -1.20. The Morgan fingerprint density at radius 3 is 2.54 bits per heavy atom. The van der Waals surface area contributed by atoms with Gasteiger partial charge in [-0.3, -0.25) is 0 Å². The van der Waals surface area contributed by atoms with Gasteiger partial charge < -0.3 is 5.11 Å². The van der Waals surface area contributed by atoms with Crippen LogP contribution in [0.4, 0.5) is 0 Å². The molecule has 1 rings (SSSR count). The standard InChI is InChI=1S/C8H3Cl2NO2/c9-6-2-1-4(8(12)13)5(3-11)7(6)10/h1-2H,(H,12,13). The number of carboxylic acid groups (broad SMARTS) is 1. The van der Waals surface area contributed by atoms with Crippen LogP contribution < -0.4 is 0 Å². The maximum Gasteiger partial charge on any atom is 0.337 e. The molecule has 5 heteroatoms. The van der Waals surface area contributed by atoms with Gasteiger partial charge in [-0.05, 0) is 12.1 Å². The van der Waals surface area contributed by atoms with Crippen LogP contribution in [-0.2, 0) is 0 Å². The lowest BCUT2D eigenvalue weighted by molar-refractivity contribution is 0.0696. The molecular weight excluding hydrogens is 213 g/mol. The summed E-state index contributed by atoms with van der Waals surface area (Å²) in [5.74, 6) is -1.20. The van der Waals surface area contributed by atoms with Crippen LogP contribution in [0.1, 0.15) is 15.9 Å². The molecule has 1 N–H and O–H groups in total. The number of rotatable bonds is 1. The van der Waals surface area contributed by atoms with Gasteiger partial charge in [-0.15, -0.1) is 0 Å². The van der Waals surface area contributed by atoms with Crippen molar-refractivity contribution in [3.8, 4) is 6.07 Å². The second kappa shape index (κ2) is 3.65. The normalized spacial score (nSPS) is 9.31. The molecule has 0 saturated heterocycles. The molecule has 0 amide bonds. The lowest BCUT2D eigenvalue weighted by Crippen LogP contribution is -2.00. The smallest absolute Gasteiger partial charge is 0.337 e. The molecule has 13 heavy (non-hydrogen) atoms. The third-order valence-corrected chi connectivity index (χ3v) is 2.24. The molecule has 0 heterocycles. The molecule has 0 radical (unpaired) electrons. The Morgan fingerprint density at radius 2 is 2.08 bits per heavy atom. The van der Waals surface area contributed by atoms with Crippen molar-refractivity contribution < 1.29 is 9.90 Å². The van der Waals surface area contributed by atoms with E-state index >= 15 is 0 Å². The predicted molar refractivity (Wildman–Crippen MR) is 48.1 cm³/mol. The number of halogens is 2. The highest BCUT2D eigenvalue weighted by Crippen LogP contribution is 2.27. The summed E-state index contributed by atoms with van der Waals surface area (Å²) in [6.07, 6.45) is 0. The molecule has 3 nitrogen and oxygen atoms in total. The third-order valence-electron chi connectivity index (χ3n) is 1.44. The van der Waals surface area contributed by atoms with E-state index in [1.54, 1.807) is 6.07 Å². The maximum absolute atomic E-state index is 10.6. The van der Waals surface area contributed by atoms with E-state index < -0.39 is 5.97 Å². The Labute approximate surface area is 84.1 Å². The van der Waals surface area contributed by atoms with Crippen LogP contribution in [0.15, 0.2) is 12.1 Å². The van der Waals surface area contributed by atoms with Gasteiger partial charge in [-0.25, -0.2) is 4.79 Å². The van der Waals surface area contributed by atoms with Gasteiger partial charge in [0.05, 0.1) is 21.2 Å². The van der Waals surface area contributed by atoms with Crippen LogP contribution in [0.3, 0.4) is 0 Å². The van der Waals surface area contributed by atoms with Gasteiger partial charge >= 0.3 is 5.97 Å². The highest BCUT2D eigenvalue weighted by Gasteiger charge is 2.14. The second-order valence-corrected chi connectivity index (χ2v) is 2.99. The molecule has 0 aliphatic carbocycles. The number of carbonyl (C=O) groups is 1. The molecule has 0 saturated carbocycles. The minimum absolute atomic E-state index is 0.0240. The maximum atomic E-state index is 10.6. The molecule has 66 valence electrons. The van der Waals surface area contributed by atoms with Crippen LogP contribution in [0.25, 0.3) is 0 Å². The number of aromatic carboxylic acids is 1. The van der Waals surface area contributed by atoms with E-state index in [4.69, 9.17) is 33.6 Å². The number of hydrogen-bond acceptors (Lipinski definition) is 2. The van der Waals surface area contributed by atoms with Crippen LogP contribution in [0, 0.1) is 11.3 Å². The number of nitriles is 1. The van der Waals surface area contributed by atoms with E-state index in [1.165, 1.54) is 12.1 Å². The fourth-order valence-electron chi connectivity index (χ4n) is 0.838. The molecule has 1 aromatic carbocycles. The largest absolute Gasteiger partial charge is 0.478 e. The van der Waals surface area contributed by atoms with Crippen molar-refractivity contribution >= 4 is 29.2 Å². The summed E-state index contributed by atoms with van der Waals surface area (Å²) in [4.78, 5) is 10.6. The summed E-state index contributed by atoms with van der Waals surface area (Å²) in [7, 11) is 0. The van der Waals surface area contributed by atoms with Crippen molar-refractivity contribution in [2.45, 2.75) is 0 Å². The lowest BCUT2D eigenvalue weighted by Gasteiger charge is -2.01. The van der Waals surface area contributed by atoms with Gasteiger partial charge in [0.2, 0.25) is 0 Å². The molecule has 0 aliphatic heterocycles. The van der Waals surface area contributed by atoms with E-state index in [0.29, 0.717) is 0 Å². The Morgan fingerprint density at radius 1 is 1.46 bits per heavy atom. The third kappa shape index (κ3) is 1.74. The van der Waals surface area contributed by atoms with E-state index in [-0.39, 0.29) is 21.2 Å². The van der Waals surface area contributed by atoms with Crippen molar-refractivity contribution in [2.24, 2.45) is 0 Å². The van der Waals surface area contributed by atoms with Gasteiger partial charge in [0.15, 0.2) is 0 Å². The first-order valence-corrected chi connectivity index (χ1v) is 3.95. The van der Waals surface area contributed by atoms with Crippen molar-refractivity contribution in [1.29, 1.82) is 5.26 Å². The lowest BCUT2D eigenvalue weighted by atomic mass is 10.1. The average Bonchev–Trinajstić information content (AvgIpc) is 2.09. The van der Waals surface area contributed by atoms with Gasteiger partial charge in [-0.2, -0.15) is 5.26 Å². The fourth-order valence-corrected chi connectivity index (χ4v) is 1.20. The summed E-state index contributed by atoms with van der Waals surface area (Å²) in [6.45, 7) is 0. The Kier molecular flexibility index (Phi) is 2.76. The summed E-state index contributed by atoms with van der Waals surface area (Å²) in [5, 5.41) is 17.4. The highest BCUT2D eigenvalue weighted by atomic mass is 35.5. The first-order chi connectivity index (χ1) is 6.07. The van der Waals surface area contributed by atoms with Crippen LogP contribution in [0.2, 0.25) is 10.0 Å². The van der Waals surface area contributed by atoms with E-state index in [2.05, 4.69) is 0 Å². The van der Waals surface area contributed by atoms with Crippen LogP contribution in [0.5, 0.6) is 0 Å². The summed E-state index contributed by atoms with van der Waals surface area (Å²) in [5.41, 5.74) is -0.251. The highest BCUT2D eigenvalue weighted by molar-refractivity contribution is 6.43. The van der Waals surface area contributed by atoms with Crippen molar-refractivity contribution in [1.82, 2.24) is 0 Å².